The molecule has 2 unspecified atom stereocenters. The van der Waals surface area contributed by atoms with Gasteiger partial charge in [-0.1, -0.05) is 6.08 Å². The van der Waals surface area contributed by atoms with Crippen molar-refractivity contribution >= 4 is 23.4 Å². The van der Waals surface area contributed by atoms with Gasteiger partial charge in [0.25, 0.3) is 0 Å². The second-order valence-corrected chi connectivity index (χ2v) is 3.04. The second kappa shape index (κ2) is 2.76. The van der Waals surface area contributed by atoms with Crippen LogP contribution in [0.4, 0.5) is 0 Å². The third kappa shape index (κ3) is 1.12. The number of fused-ring (bicyclic) bond motifs is 1. The first-order chi connectivity index (χ1) is 6.59. The van der Waals surface area contributed by atoms with E-state index in [9.17, 15) is 19.2 Å². The molecule has 2 N–H and O–H groups in total. The third-order valence-corrected chi connectivity index (χ3v) is 2.13. The Bertz CT molecular complexity index is 385. The van der Waals surface area contributed by atoms with Gasteiger partial charge in [0, 0.05) is 0 Å². The maximum absolute atomic E-state index is 11.2. The van der Waals surface area contributed by atoms with Crippen LogP contribution < -0.4 is 10.6 Å². The van der Waals surface area contributed by atoms with Crippen molar-refractivity contribution in [1.82, 2.24) is 10.6 Å². The summed E-state index contributed by atoms with van der Waals surface area (Å²) in [5.74, 6) is -3.05. The lowest BCUT2D eigenvalue weighted by atomic mass is 9.92. The van der Waals surface area contributed by atoms with Crippen LogP contribution in [0, 0.1) is 0 Å². The van der Waals surface area contributed by atoms with Gasteiger partial charge in [-0.2, -0.15) is 0 Å². The number of carbonyl (C=O) groups excluding carboxylic acids is 4. The number of piperazine rings is 1. The van der Waals surface area contributed by atoms with Crippen molar-refractivity contribution in [3.63, 3.8) is 0 Å². The Morgan fingerprint density at radius 2 is 1.64 bits per heavy atom. The topological polar surface area (TPSA) is 92.3 Å². The summed E-state index contributed by atoms with van der Waals surface area (Å²) in [6, 6.07) is -1.55. The van der Waals surface area contributed by atoms with Crippen LogP contribution in [0.2, 0.25) is 0 Å². The second-order valence-electron chi connectivity index (χ2n) is 3.04. The molecule has 6 heteroatoms. The van der Waals surface area contributed by atoms with E-state index in [1.807, 2.05) is 0 Å². The Hall–Kier alpha value is -1.98. The van der Waals surface area contributed by atoms with E-state index in [1.165, 1.54) is 6.08 Å². The summed E-state index contributed by atoms with van der Waals surface area (Å²) in [5.41, 5.74) is 0. The molecule has 72 valence electrons. The number of allylic oxidation sites excluding steroid dienone is 1. The van der Waals surface area contributed by atoms with Gasteiger partial charge in [-0.05, 0) is 6.08 Å². The maximum atomic E-state index is 11.2. The highest BCUT2D eigenvalue weighted by atomic mass is 16.2. The van der Waals surface area contributed by atoms with Gasteiger partial charge in [0.15, 0.2) is 0 Å². The molecule has 0 spiro atoms. The molecule has 0 saturated carbocycles. The molecule has 0 bridgehead atoms. The van der Waals surface area contributed by atoms with Crippen LogP contribution >= 0.6 is 0 Å². The van der Waals surface area contributed by atoms with Gasteiger partial charge < -0.3 is 10.6 Å². The molecule has 0 aromatic rings. The third-order valence-electron chi connectivity index (χ3n) is 2.13. The molecule has 0 aromatic heterocycles. The first kappa shape index (κ1) is 8.61. The predicted molar refractivity (Wildman–Crippen MR) is 43.0 cm³/mol. The first-order valence-corrected chi connectivity index (χ1v) is 3.97. The number of nitrogens with one attached hydrogen (secondary N) is 2. The largest absolute Gasteiger partial charge is 0.339 e. The number of hydrogen-bond donors (Lipinski definition) is 2. The van der Waals surface area contributed by atoms with Gasteiger partial charge in [-0.3, -0.25) is 19.2 Å². The fourth-order valence-electron chi connectivity index (χ4n) is 1.41. The molecule has 14 heavy (non-hydrogen) atoms. The van der Waals surface area contributed by atoms with Gasteiger partial charge >= 0.3 is 11.8 Å². The SMILES string of the molecule is O=C1C=CC2NC(=O)C(=O)NC2C1=O. The molecule has 0 aromatic carbocycles. The van der Waals surface area contributed by atoms with E-state index < -0.39 is 35.5 Å². The molecule has 0 radical (unpaired) electrons. The normalized spacial score (nSPS) is 30.9. The van der Waals surface area contributed by atoms with E-state index in [4.69, 9.17) is 0 Å². The molecule has 1 aliphatic carbocycles. The zero-order valence-corrected chi connectivity index (χ0v) is 6.94. The molecule has 1 saturated heterocycles. The Morgan fingerprint density at radius 3 is 2.36 bits per heavy atom. The zero-order valence-electron chi connectivity index (χ0n) is 6.94. The average Bonchev–Trinajstić information content (AvgIpc) is 2.15. The summed E-state index contributed by atoms with van der Waals surface area (Å²) in [6.07, 6.45) is 2.49. The minimum atomic E-state index is -0.947. The van der Waals surface area contributed by atoms with Gasteiger partial charge in [0.1, 0.15) is 6.04 Å². The lowest BCUT2D eigenvalue weighted by molar-refractivity contribution is -0.145. The Morgan fingerprint density at radius 1 is 1.00 bits per heavy atom. The number of ketones is 2. The minimum absolute atomic E-state index is 0.606. The highest BCUT2D eigenvalue weighted by Gasteiger charge is 2.40. The fraction of sp³-hybridized carbons (Fsp3) is 0.250. The standard InChI is InChI=1S/C8H6N2O4/c11-4-2-1-3-5(6(4)12)10-8(14)7(13)9-3/h1-3,5H,(H,9,13)(H,10,14). The van der Waals surface area contributed by atoms with Crippen LogP contribution in [-0.2, 0) is 19.2 Å². The first-order valence-electron chi connectivity index (χ1n) is 3.97. The predicted octanol–water partition coefficient (Wildman–Crippen LogP) is -2.32. The molecule has 2 amide bonds. The lowest BCUT2D eigenvalue weighted by Crippen LogP contribution is -2.65. The summed E-state index contributed by atoms with van der Waals surface area (Å²) < 4.78 is 0. The number of carbonyl (C=O) groups is 4. The molecule has 2 aliphatic rings. The van der Waals surface area contributed by atoms with Crippen LogP contribution in [0.15, 0.2) is 12.2 Å². The number of amides is 2. The highest BCUT2D eigenvalue weighted by Crippen LogP contribution is 2.09. The van der Waals surface area contributed by atoms with Gasteiger partial charge in [-0.25, -0.2) is 0 Å². The molecule has 6 nitrogen and oxygen atoms in total. The van der Waals surface area contributed by atoms with E-state index in [2.05, 4.69) is 10.6 Å². The lowest BCUT2D eigenvalue weighted by Gasteiger charge is -2.30. The Labute approximate surface area is 78.3 Å². The van der Waals surface area contributed by atoms with Crippen LogP contribution in [0.5, 0.6) is 0 Å². The van der Waals surface area contributed by atoms with E-state index in [1.54, 1.807) is 0 Å². The number of Topliss-reactive ketones (excluding diaryl/α,β-unsaturated/α-hetero) is 1. The summed E-state index contributed by atoms with van der Waals surface area (Å²) in [7, 11) is 0. The van der Waals surface area contributed by atoms with Crippen molar-refractivity contribution in [1.29, 1.82) is 0 Å². The highest BCUT2D eigenvalue weighted by molar-refractivity contribution is 6.46. The quantitative estimate of drug-likeness (QED) is 0.423. The van der Waals surface area contributed by atoms with Crippen molar-refractivity contribution in [2.75, 3.05) is 0 Å². The molecule has 1 heterocycles. The fourth-order valence-corrected chi connectivity index (χ4v) is 1.41. The smallest absolute Gasteiger partial charge is 0.310 e. The molecular formula is C8H6N2O4. The Kier molecular flexibility index (Phi) is 1.70. The Balaban J connectivity index is 2.32. The van der Waals surface area contributed by atoms with Crippen molar-refractivity contribution < 1.29 is 19.2 Å². The molecule has 1 fully saturated rings. The van der Waals surface area contributed by atoms with E-state index in [-0.39, 0.29) is 0 Å². The zero-order chi connectivity index (χ0) is 10.3. The summed E-state index contributed by atoms with van der Waals surface area (Å²) in [4.78, 5) is 44.0. The van der Waals surface area contributed by atoms with Crippen molar-refractivity contribution in [3.8, 4) is 0 Å². The maximum Gasteiger partial charge on any atom is 0.310 e. The van der Waals surface area contributed by atoms with Crippen molar-refractivity contribution in [3.05, 3.63) is 12.2 Å². The number of rotatable bonds is 0. The van der Waals surface area contributed by atoms with Crippen LogP contribution in [0.1, 0.15) is 0 Å². The van der Waals surface area contributed by atoms with Gasteiger partial charge in [-0.15, -0.1) is 0 Å². The van der Waals surface area contributed by atoms with Gasteiger partial charge in [0.05, 0.1) is 6.04 Å². The molecular weight excluding hydrogens is 188 g/mol. The molecule has 2 rings (SSSR count). The van der Waals surface area contributed by atoms with E-state index in [0.29, 0.717) is 0 Å². The van der Waals surface area contributed by atoms with Crippen LogP contribution in [0.25, 0.3) is 0 Å². The van der Waals surface area contributed by atoms with Crippen molar-refractivity contribution in [2.45, 2.75) is 12.1 Å². The summed E-state index contributed by atoms with van der Waals surface area (Å²) in [5, 5.41) is 4.48. The minimum Gasteiger partial charge on any atom is -0.339 e. The average molecular weight is 194 g/mol. The number of hydrogen-bond acceptors (Lipinski definition) is 4. The summed E-state index contributed by atoms with van der Waals surface area (Å²) in [6.45, 7) is 0. The van der Waals surface area contributed by atoms with Crippen LogP contribution in [0.3, 0.4) is 0 Å². The van der Waals surface area contributed by atoms with E-state index >= 15 is 0 Å². The summed E-state index contributed by atoms with van der Waals surface area (Å²) >= 11 is 0. The monoisotopic (exact) mass is 194 g/mol. The van der Waals surface area contributed by atoms with Gasteiger partial charge in [0.2, 0.25) is 11.6 Å². The van der Waals surface area contributed by atoms with Crippen molar-refractivity contribution in [2.24, 2.45) is 0 Å². The van der Waals surface area contributed by atoms with Crippen LogP contribution in [-0.4, -0.2) is 35.5 Å². The van der Waals surface area contributed by atoms with E-state index in [0.717, 1.165) is 6.08 Å². The molecule has 1 aliphatic heterocycles. The molecule has 2 atom stereocenters.